The van der Waals surface area contributed by atoms with Crippen molar-refractivity contribution < 1.29 is 9.59 Å². The number of nitrogens with zero attached hydrogens (tertiary/aromatic N) is 4. The first-order valence-electron chi connectivity index (χ1n) is 10.1. The third kappa shape index (κ3) is 5.66. The summed E-state index contributed by atoms with van der Waals surface area (Å²) < 4.78 is 0. The first kappa shape index (κ1) is 19.6. The largest absolute Gasteiger partial charge is 0.354 e. The maximum atomic E-state index is 12.3. The summed E-state index contributed by atoms with van der Waals surface area (Å²) in [6.45, 7) is 5.71. The summed E-state index contributed by atoms with van der Waals surface area (Å²) in [5, 5.41) is 3.00. The highest BCUT2D eigenvalue weighted by Crippen LogP contribution is 2.18. The van der Waals surface area contributed by atoms with Crippen LogP contribution in [-0.4, -0.2) is 72.9 Å². The number of nitrogens with one attached hydrogen (secondary N) is 1. The highest BCUT2D eigenvalue weighted by molar-refractivity contribution is 5.79. The van der Waals surface area contributed by atoms with E-state index in [-0.39, 0.29) is 11.8 Å². The van der Waals surface area contributed by atoms with Crippen LogP contribution in [0.2, 0.25) is 0 Å². The Balaban J connectivity index is 1.49. The number of rotatable bonds is 6. The van der Waals surface area contributed by atoms with Gasteiger partial charge in [0.05, 0.1) is 0 Å². The molecule has 7 nitrogen and oxygen atoms in total. The van der Waals surface area contributed by atoms with Crippen LogP contribution in [0.25, 0.3) is 0 Å². The lowest BCUT2D eigenvalue weighted by Gasteiger charge is -2.34. The number of hydrogen-bond acceptors (Lipinski definition) is 5. The smallest absolute Gasteiger partial charge is 0.222 e. The second-order valence-electron chi connectivity index (χ2n) is 7.49. The zero-order valence-corrected chi connectivity index (χ0v) is 16.3. The molecule has 7 heteroatoms. The van der Waals surface area contributed by atoms with E-state index in [1.54, 1.807) is 0 Å². The average molecular weight is 374 g/mol. The lowest BCUT2D eigenvalue weighted by molar-refractivity contribution is -0.131. The molecular weight excluding hydrogens is 342 g/mol. The highest BCUT2D eigenvalue weighted by atomic mass is 16.2. The first-order valence-corrected chi connectivity index (χ1v) is 10.1. The van der Waals surface area contributed by atoms with E-state index in [1.807, 2.05) is 23.2 Å². The van der Waals surface area contributed by atoms with Gasteiger partial charge >= 0.3 is 0 Å². The zero-order valence-electron chi connectivity index (χ0n) is 16.3. The molecule has 0 saturated carbocycles. The number of likely N-dealkylation sites (N-methyl/N-ethyl adjacent to an activating group) is 1. The molecule has 2 aliphatic heterocycles. The van der Waals surface area contributed by atoms with Gasteiger partial charge in [-0.2, -0.15) is 0 Å². The second-order valence-corrected chi connectivity index (χ2v) is 7.49. The van der Waals surface area contributed by atoms with Gasteiger partial charge in [-0.25, -0.2) is 4.98 Å². The second kappa shape index (κ2) is 9.69. The lowest BCUT2D eigenvalue weighted by atomic mass is 10.2. The molecule has 0 radical (unpaired) electrons. The zero-order chi connectivity index (χ0) is 19.1. The maximum Gasteiger partial charge on any atom is 0.222 e. The number of piperazine rings is 1. The van der Waals surface area contributed by atoms with E-state index >= 15 is 0 Å². The molecule has 0 unspecified atom stereocenters. The van der Waals surface area contributed by atoms with E-state index in [9.17, 15) is 9.59 Å². The van der Waals surface area contributed by atoms with E-state index in [0.29, 0.717) is 25.9 Å². The molecule has 2 amide bonds. The van der Waals surface area contributed by atoms with E-state index in [4.69, 9.17) is 0 Å². The van der Waals surface area contributed by atoms with Crippen LogP contribution in [0, 0.1) is 0 Å². The summed E-state index contributed by atoms with van der Waals surface area (Å²) in [4.78, 5) is 35.3. The van der Waals surface area contributed by atoms with Crippen LogP contribution in [0.1, 0.15) is 37.7 Å². The number of likely N-dealkylation sites (tertiary alicyclic amines) is 1. The van der Waals surface area contributed by atoms with Gasteiger partial charge in [0, 0.05) is 70.4 Å². The maximum absolute atomic E-state index is 12.3. The summed E-state index contributed by atoms with van der Waals surface area (Å²) in [7, 11) is 2.13. The molecule has 1 aromatic heterocycles. The fourth-order valence-corrected chi connectivity index (χ4v) is 3.66. The molecule has 2 aliphatic rings. The third-order valence-corrected chi connectivity index (χ3v) is 5.43. The normalized spacial score (nSPS) is 19.1. The van der Waals surface area contributed by atoms with Crippen LogP contribution in [0.15, 0.2) is 18.3 Å². The van der Waals surface area contributed by atoms with Gasteiger partial charge in [-0.05, 0) is 26.0 Å². The molecule has 27 heavy (non-hydrogen) atoms. The molecule has 0 bridgehead atoms. The highest BCUT2D eigenvalue weighted by Gasteiger charge is 2.19. The SMILES string of the molecule is CN1CCN(c2ncccc2CNC(=O)CCN2CCCCCC2=O)CC1. The summed E-state index contributed by atoms with van der Waals surface area (Å²) >= 11 is 0. The molecule has 3 heterocycles. The van der Waals surface area contributed by atoms with Crippen molar-refractivity contribution in [2.24, 2.45) is 0 Å². The van der Waals surface area contributed by atoms with Crippen LogP contribution < -0.4 is 10.2 Å². The van der Waals surface area contributed by atoms with E-state index in [1.165, 1.54) is 0 Å². The molecular formula is C20H31N5O2. The molecule has 0 atom stereocenters. The van der Waals surface area contributed by atoms with Gasteiger partial charge in [-0.1, -0.05) is 12.5 Å². The Morgan fingerprint density at radius 1 is 1.15 bits per heavy atom. The Bertz CT molecular complexity index is 643. The average Bonchev–Trinajstić information content (AvgIpc) is 2.89. The van der Waals surface area contributed by atoms with Gasteiger partial charge in [0.15, 0.2) is 0 Å². The Morgan fingerprint density at radius 2 is 1.96 bits per heavy atom. The van der Waals surface area contributed by atoms with Gasteiger partial charge < -0.3 is 20.0 Å². The van der Waals surface area contributed by atoms with Crippen molar-refractivity contribution in [2.45, 2.75) is 38.6 Å². The molecule has 1 aromatic rings. The standard InChI is InChI=1S/C20H31N5O2/c1-23-12-14-25(15-13-23)20-17(6-5-9-21-20)16-22-18(26)8-11-24-10-4-2-3-7-19(24)27/h5-6,9H,2-4,7-8,10-16H2,1H3,(H,22,26). The van der Waals surface area contributed by atoms with Crippen molar-refractivity contribution in [3.63, 3.8) is 0 Å². The fourth-order valence-electron chi connectivity index (χ4n) is 3.66. The third-order valence-electron chi connectivity index (χ3n) is 5.43. The van der Waals surface area contributed by atoms with Gasteiger partial charge in [-0.15, -0.1) is 0 Å². The van der Waals surface area contributed by atoms with E-state index < -0.39 is 0 Å². The summed E-state index contributed by atoms with van der Waals surface area (Å²) in [5.41, 5.74) is 1.04. The van der Waals surface area contributed by atoms with Crippen molar-refractivity contribution >= 4 is 17.6 Å². The number of aromatic nitrogens is 1. The molecule has 0 aromatic carbocycles. The number of amides is 2. The van der Waals surface area contributed by atoms with Crippen LogP contribution in [0.4, 0.5) is 5.82 Å². The fraction of sp³-hybridized carbons (Fsp3) is 0.650. The number of carbonyl (C=O) groups excluding carboxylic acids is 2. The lowest BCUT2D eigenvalue weighted by Crippen LogP contribution is -2.45. The van der Waals surface area contributed by atoms with Crippen molar-refractivity contribution in [1.82, 2.24) is 20.1 Å². The minimum atomic E-state index is -0.0137. The Morgan fingerprint density at radius 3 is 2.78 bits per heavy atom. The molecule has 2 saturated heterocycles. The van der Waals surface area contributed by atoms with Crippen LogP contribution in [0.5, 0.6) is 0 Å². The van der Waals surface area contributed by atoms with E-state index in [0.717, 1.165) is 63.4 Å². The van der Waals surface area contributed by atoms with Crippen LogP contribution in [-0.2, 0) is 16.1 Å². The molecule has 0 spiro atoms. The van der Waals surface area contributed by atoms with Crippen LogP contribution >= 0.6 is 0 Å². The molecule has 2 fully saturated rings. The van der Waals surface area contributed by atoms with Crippen molar-refractivity contribution in [3.05, 3.63) is 23.9 Å². The molecule has 148 valence electrons. The number of hydrogen-bond donors (Lipinski definition) is 1. The molecule has 0 aliphatic carbocycles. The van der Waals surface area contributed by atoms with Gasteiger partial charge in [0.25, 0.3) is 0 Å². The van der Waals surface area contributed by atoms with Crippen LogP contribution in [0.3, 0.4) is 0 Å². The van der Waals surface area contributed by atoms with Crippen molar-refractivity contribution in [1.29, 1.82) is 0 Å². The van der Waals surface area contributed by atoms with Crippen molar-refractivity contribution in [3.8, 4) is 0 Å². The van der Waals surface area contributed by atoms with Gasteiger partial charge in [-0.3, -0.25) is 9.59 Å². The number of anilines is 1. The Hall–Kier alpha value is -2.15. The number of carbonyl (C=O) groups is 2. The monoisotopic (exact) mass is 373 g/mol. The topological polar surface area (TPSA) is 68.8 Å². The summed E-state index contributed by atoms with van der Waals surface area (Å²) in [5.74, 6) is 1.14. The quantitative estimate of drug-likeness (QED) is 0.813. The summed E-state index contributed by atoms with van der Waals surface area (Å²) in [6.07, 6.45) is 5.89. The number of pyridine rings is 1. The Labute approximate surface area is 161 Å². The minimum absolute atomic E-state index is 0.0137. The van der Waals surface area contributed by atoms with Crippen molar-refractivity contribution in [2.75, 3.05) is 51.2 Å². The van der Waals surface area contributed by atoms with E-state index in [2.05, 4.69) is 27.1 Å². The Kier molecular flexibility index (Phi) is 7.04. The predicted molar refractivity (Wildman–Crippen MR) is 105 cm³/mol. The summed E-state index contributed by atoms with van der Waals surface area (Å²) in [6, 6.07) is 3.94. The van der Waals surface area contributed by atoms with Gasteiger partial charge in [0.1, 0.15) is 5.82 Å². The van der Waals surface area contributed by atoms with Gasteiger partial charge in [0.2, 0.25) is 11.8 Å². The first-order chi connectivity index (χ1) is 13.1. The molecule has 1 N–H and O–H groups in total. The minimum Gasteiger partial charge on any atom is -0.354 e. The predicted octanol–water partition coefficient (Wildman–Crippen LogP) is 1.24. The molecule has 3 rings (SSSR count).